The SMILES string of the molecule is C=CC(=O)C(C)(Cc1ccccc1)C(F)(F)F. The average molecular weight is 242 g/mol. The molecule has 0 saturated carbocycles. The zero-order valence-electron chi connectivity index (χ0n) is 9.42. The Hall–Kier alpha value is -1.58. The van der Waals surface area contributed by atoms with Crippen molar-refractivity contribution in [2.75, 3.05) is 0 Å². The molecule has 0 aromatic heterocycles. The number of allylic oxidation sites excluding steroid dienone is 1. The van der Waals surface area contributed by atoms with Crippen LogP contribution < -0.4 is 0 Å². The Kier molecular flexibility index (Phi) is 3.76. The predicted molar refractivity (Wildman–Crippen MR) is 59.5 cm³/mol. The van der Waals surface area contributed by atoms with Crippen LogP contribution in [0.4, 0.5) is 13.2 Å². The maximum Gasteiger partial charge on any atom is 0.401 e. The zero-order valence-corrected chi connectivity index (χ0v) is 9.42. The van der Waals surface area contributed by atoms with Gasteiger partial charge in [-0.2, -0.15) is 13.2 Å². The molecule has 0 bridgehead atoms. The van der Waals surface area contributed by atoms with E-state index in [2.05, 4.69) is 6.58 Å². The molecule has 0 N–H and O–H groups in total. The molecule has 4 heteroatoms. The van der Waals surface area contributed by atoms with E-state index < -0.39 is 17.4 Å². The number of hydrogen-bond acceptors (Lipinski definition) is 1. The lowest BCUT2D eigenvalue weighted by atomic mass is 9.79. The van der Waals surface area contributed by atoms with Crippen LogP contribution in [0.15, 0.2) is 43.0 Å². The van der Waals surface area contributed by atoms with Crippen molar-refractivity contribution in [2.24, 2.45) is 5.41 Å². The number of alkyl halides is 3. The largest absolute Gasteiger partial charge is 0.401 e. The Morgan fingerprint density at radius 2 is 1.82 bits per heavy atom. The molecular formula is C13H13F3O. The number of hydrogen-bond donors (Lipinski definition) is 0. The fraction of sp³-hybridized carbons (Fsp3) is 0.308. The minimum atomic E-state index is -4.59. The smallest absolute Gasteiger partial charge is 0.294 e. The van der Waals surface area contributed by atoms with Gasteiger partial charge in [0.1, 0.15) is 5.41 Å². The van der Waals surface area contributed by atoms with E-state index >= 15 is 0 Å². The Morgan fingerprint density at radius 3 is 2.24 bits per heavy atom. The fourth-order valence-electron chi connectivity index (χ4n) is 1.56. The van der Waals surface area contributed by atoms with Gasteiger partial charge >= 0.3 is 6.18 Å². The highest BCUT2D eigenvalue weighted by Gasteiger charge is 2.55. The third-order valence-electron chi connectivity index (χ3n) is 2.76. The second-order valence-corrected chi connectivity index (χ2v) is 4.06. The summed E-state index contributed by atoms with van der Waals surface area (Å²) in [6.45, 7) is 4.04. The minimum absolute atomic E-state index is 0.373. The van der Waals surface area contributed by atoms with Crippen molar-refractivity contribution in [1.82, 2.24) is 0 Å². The first kappa shape index (κ1) is 13.5. The predicted octanol–water partition coefficient (Wildman–Crippen LogP) is 3.55. The number of halogens is 3. The molecule has 1 unspecified atom stereocenters. The topological polar surface area (TPSA) is 17.1 Å². The van der Waals surface area contributed by atoms with Gasteiger partial charge in [0.25, 0.3) is 0 Å². The molecule has 0 heterocycles. The highest BCUT2D eigenvalue weighted by Crippen LogP contribution is 2.41. The minimum Gasteiger partial charge on any atom is -0.294 e. The van der Waals surface area contributed by atoms with E-state index in [9.17, 15) is 18.0 Å². The average Bonchev–Trinajstić information content (AvgIpc) is 2.27. The van der Waals surface area contributed by atoms with Gasteiger partial charge in [-0.3, -0.25) is 4.79 Å². The molecule has 0 amide bonds. The van der Waals surface area contributed by atoms with Crippen molar-refractivity contribution < 1.29 is 18.0 Å². The van der Waals surface area contributed by atoms with Gasteiger partial charge in [0, 0.05) is 0 Å². The van der Waals surface area contributed by atoms with Gasteiger partial charge in [-0.25, -0.2) is 0 Å². The van der Waals surface area contributed by atoms with Crippen LogP contribution in [0.3, 0.4) is 0 Å². The summed E-state index contributed by atoms with van der Waals surface area (Å²) in [5, 5.41) is 0. The van der Waals surface area contributed by atoms with Crippen molar-refractivity contribution in [3.05, 3.63) is 48.6 Å². The molecule has 1 nitrogen and oxygen atoms in total. The van der Waals surface area contributed by atoms with Crippen molar-refractivity contribution >= 4 is 5.78 Å². The van der Waals surface area contributed by atoms with Gasteiger partial charge in [0.2, 0.25) is 0 Å². The molecule has 0 aliphatic rings. The first-order valence-corrected chi connectivity index (χ1v) is 5.09. The molecule has 1 aromatic carbocycles. The van der Waals surface area contributed by atoms with Crippen LogP contribution in [0.5, 0.6) is 0 Å². The maximum atomic E-state index is 13.0. The summed E-state index contributed by atoms with van der Waals surface area (Å²) in [6.07, 6.45) is -4.23. The number of carbonyl (C=O) groups excluding carboxylic acids is 1. The molecule has 1 atom stereocenters. The van der Waals surface area contributed by atoms with E-state index in [0.29, 0.717) is 5.56 Å². The maximum absolute atomic E-state index is 13.0. The van der Waals surface area contributed by atoms with Crippen LogP contribution >= 0.6 is 0 Å². The Morgan fingerprint density at radius 1 is 1.29 bits per heavy atom. The molecule has 0 radical (unpaired) electrons. The molecule has 92 valence electrons. The van der Waals surface area contributed by atoms with Crippen molar-refractivity contribution in [3.8, 4) is 0 Å². The summed E-state index contributed by atoms with van der Waals surface area (Å²) in [6, 6.07) is 8.14. The second-order valence-electron chi connectivity index (χ2n) is 4.06. The molecule has 0 fully saturated rings. The molecular weight excluding hydrogens is 229 g/mol. The van der Waals surface area contributed by atoms with Crippen LogP contribution in [0.1, 0.15) is 12.5 Å². The van der Waals surface area contributed by atoms with E-state index in [1.165, 1.54) is 0 Å². The number of rotatable bonds is 4. The summed E-state index contributed by atoms with van der Waals surface area (Å²) in [5.74, 6) is -1.01. The lowest BCUT2D eigenvalue weighted by Gasteiger charge is -2.29. The van der Waals surface area contributed by atoms with Gasteiger partial charge in [-0.05, 0) is 25.0 Å². The third kappa shape index (κ3) is 2.75. The third-order valence-corrected chi connectivity index (χ3v) is 2.76. The first-order chi connectivity index (χ1) is 7.81. The highest BCUT2D eigenvalue weighted by molar-refractivity contribution is 5.95. The quantitative estimate of drug-likeness (QED) is 0.738. The zero-order chi connectivity index (χ0) is 13.1. The molecule has 0 aliphatic carbocycles. The van der Waals surface area contributed by atoms with E-state index in [1.807, 2.05) is 0 Å². The fourth-order valence-corrected chi connectivity index (χ4v) is 1.56. The van der Waals surface area contributed by atoms with Crippen LogP contribution in [0.25, 0.3) is 0 Å². The second kappa shape index (κ2) is 4.73. The molecule has 0 saturated heterocycles. The van der Waals surface area contributed by atoms with E-state index in [-0.39, 0.29) is 6.42 Å². The van der Waals surface area contributed by atoms with Gasteiger partial charge < -0.3 is 0 Å². The van der Waals surface area contributed by atoms with Gasteiger partial charge in [-0.15, -0.1) is 0 Å². The van der Waals surface area contributed by atoms with Crippen LogP contribution in [-0.2, 0) is 11.2 Å². The van der Waals surface area contributed by atoms with E-state index in [4.69, 9.17) is 0 Å². The van der Waals surface area contributed by atoms with Crippen LogP contribution in [-0.4, -0.2) is 12.0 Å². The van der Waals surface area contributed by atoms with Crippen molar-refractivity contribution in [2.45, 2.75) is 19.5 Å². The number of carbonyl (C=O) groups is 1. The number of ketones is 1. The summed E-state index contributed by atoms with van der Waals surface area (Å²) in [4.78, 5) is 11.4. The Bertz CT molecular complexity index is 408. The van der Waals surface area contributed by atoms with E-state index in [1.54, 1.807) is 30.3 Å². The standard InChI is InChI=1S/C13H13F3O/c1-3-11(17)12(2,13(14,15)16)9-10-7-5-4-6-8-10/h3-8H,1,9H2,2H3. The molecule has 1 aromatic rings. The Labute approximate surface area is 98.0 Å². The normalized spacial score (nSPS) is 15.1. The van der Waals surface area contributed by atoms with Crippen LogP contribution in [0, 0.1) is 5.41 Å². The number of benzene rings is 1. The van der Waals surface area contributed by atoms with E-state index in [0.717, 1.165) is 13.0 Å². The lowest BCUT2D eigenvalue weighted by molar-refractivity contribution is -0.212. The van der Waals surface area contributed by atoms with Crippen molar-refractivity contribution in [3.63, 3.8) is 0 Å². The van der Waals surface area contributed by atoms with Crippen LogP contribution in [0.2, 0.25) is 0 Å². The Balaban J connectivity index is 3.09. The van der Waals surface area contributed by atoms with Gasteiger partial charge in [0.15, 0.2) is 5.78 Å². The lowest BCUT2D eigenvalue weighted by Crippen LogP contribution is -2.43. The molecule has 1 rings (SSSR count). The highest BCUT2D eigenvalue weighted by atomic mass is 19.4. The summed E-state index contributed by atoms with van der Waals surface area (Å²) >= 11 is 0. The summed E-state index contributed by atoms with van der Waals surface area (Å²) < 4.78 is 38.9. The van der Waals surface area contributed by atoms with Gasteiger partial charge in [0.05, 0.1) is 0 Å². The molecule has 0 aliphatic heterocycles. The summed E-state index contributed by atoms with van der Waals surface area (Å²) in [5.41, 5.74) is -1.93. The van der Waals surface area contributed by atoms with Crippen molar-refractivity contribution in [1.29, 1.82) is 0 Å². The monoisotopic (exact) mass is 242 g/mol. The molecule has 0 spiro atoms. The first-order valence-electron chi connectivity index (χ1n) is 5.09. The molecule has 17 heavy (non-hydrogen) atoms. The summed E-state index contributed by atoms with van der Waals surface area (Å²) in [7, 11) is 0. The van der Waals surface area contributed by atoms with Gasteiger partial charge in [-0.1, -0.05) is 36.9 Å².